The molecule has 142 valence electrons. The molecule has 0 radical (unpaired) electrons. The van der Waals surface area contributed by atoms with Gasteiger partial charge in [-0.2, -0.15) is 0 Å². The van der Waals surface area contributed by atoms with Gasteiger partial charge in [0.25, 0.3) is 5.91 Å². The third-order valence-electron chi connectivity index (χ3n) is 3.29. The number of methoxy groups -OCH3 is 2. The first-order chi connectivity index (χ1) is 11.8. The molecule has 0 bridgehead atoms. The summed E-state index contributed by atoms with van der Waals surface area (Å²) in [6.07, 6.45) is 0.776. The van der Waals surface area contributed by atoms with E-state index in [9.17, 15) is 24.0 Å². The SMILES string of the molecule is CCCC(NC)C(=O)C(=O)NCC(=O)NC(CC(=O)OC)C(=O)OC. The number of likely N-dealkylation sites (N-methyl/N-ethyl adjacent to an activating group) is 1. The summed E-state index contributed by atoms with van der Waals surface area (Å²) in [7, 11) is 3.80. The number of rotatable bonds is 11. The second-order valence-electron chi connectivity index (χ2n) is 5.10. The summed E-state index contributed by atoms with van der Waals surface area (Å²) >= 11 is 0. The Morgan fingerprint density at radius 2 is 1.64 bits per heavy atom. The van der Waals surface area contributed by atoms with Gasteiger partial charge in [-0.05, 0) is 13.5 Å². The normalized spacial score (nSPS) is 12.5. The number of hydrogen-bond donors (Lipinski definition) is 3. The number of nitrogens with one attached hydrogen (secondary N) is 3. The zero-order valence-electron chi connectivity index (χ0n) is 14.8. The second kappa shape index (κ2) is 12.0. The van der Waals surface area contributed by atoms with Crippen molar-refractivity contribution in [2.45, 2.75) is 38.3 Å². The lowest BCUT2D eigenvalue weighted by Gasteiger charge is -2.16. The molecule has 25 heavy (non-hydrogen) atoms. The van der Waals surface area contributed by atoms with Gasteiger partial charge < -0.3 is 25.4 Å². The van der Waals surface area contributed by atoms with Crippen molar-refractivity contribution in [1.82, 2.24) is 16.0 Å². The van der Waals surface area contributed by atoms with Crippen molar-refractivity contribution in [3.8, 4) is 0 Å². The summed E-state index contributed by atoms with van der Waals surface area (Å²) in [5.74, 6) is -3.90. The molecule has 2 atom stereocenters. The van der Waals surface area contributed by atoms with Crippen molar-refractivity contribution in [1.29, 1.82) is 0 Å². The minimum atomic E-state index is -1.25. The van der Waals surface area contributed by atoms with Crippen molar-refractivity contribution >= 4 is 29.5 Å². The van der Waals surface area contributed by atoms with E-state index in [4.69, 9.17) is 0 Å². The Hall–Kier alpha value is -2.49. The van der Waals surface area contributed by atoms with E-state index >= 15 is 0 Å². The first-order valence-electron chi connectivity index (χ1n) is 7.73. The minimum Gasteiger partial charge on any atom is -0.469 e. The van der Waals surface area contributed by atoms with Gasteiger partial charge >= 0.3 is 11.9 Å². The van der Waals surface area contributed by atoms with Gasteiger partial charge in [0, 0.05) is 0 Å². The van der Waals surface area contributed by atoms with Crippen molar-refractivity contribution < 1.29 is 33.4 Å². The average Bonchev–Trinajstić information content (AvgIpc) is 2.61. The van der Waals surface area contributed by atoms with Gasteiger partial charge in [-0.15, -0.1) is 0 Å². The number of Topliss-reactive ketones (excluding diaryl/α,β-unsaturated/α-hetero) is 1. The monoisotopic (exact) mass is 359 g/mol. The highest BCUT2D eigenvalue weighted by atomic mass is 16.5. The zero-order chi connectivity index (χ0) is 19.4. The molecule has 0 saturated carbocycles. The van der Waals surface area contributed by atoms with Gasteiger partial charge in [-0.3, -0.25) is 19.2 Å². The standard InChI is InChI=1S/C15H25N3O7/c1-5-6-9(16-2)13(21)14(22)17-8-11(19)18-10(15(23)25-4)7-12(20)24-3/h9-10,16H,5-8H2,1-4H3,(H,17,22)(H,18,19). The quantitative estimate of drug-likeness (QED) is 0.292. The van der Waals surface area contributed by atoms with E-state index in [0.717, 1.165) is 14.2 Å². The second-order valence-corrected chi connectivity index (χ2v) is 5.10. The van der Waals surface area contributed by atoms with Crippen LogP contribution in [-0.2, 0) is 33.4 Å². The van der Waals surface area contributed by atoms with Crippen LogP contribution in [-0.4, -0.2) is 69.4 Å². The molecule has 0 spiro atoms. The van der Waals surface area contributed by atoms with E-state index in [0.29, 0.717) is 12.8 Å². The van der Waals surface area contributed by atoms with Gasteiger partial charge in [0.15, 0.2) is 0 Å². The summed E-state index contributed by atoms with van der Waals surface area (Å²) in [4.78, 5) is 58.3. The molecule has 0 aliphatic heterocycles. The largest absolute Gasteiger partial charge is 0.469 e. The maximum Gasteiger partial charge on any atom is 0.328 e. The van der Waals surface area contributed by atoms with Crippen molar-refractivity contribution in [2.75, 3.05) is 27.8 Å². The van der Waals surface area contributed by atoms with Crippen molar-refractivity contribution in [2.24, 2.45) is 0 Å². The Morgan fingerprint density at radius 1 is 1.00 bits per heavy atom. The maximum absolute atomic E-state index is 11.9. The number of hydrogen-bond acceptors (Lipinski definition) is 8. The Bertz CT molecular complexity index is 507. The molecule has 3 N–H and O–H groups in total. The maximum atomic E-state index is 11.9. The fourth-order valence-corrected chi connectivity index (χ4v) is 1.93. The molecule has 0 aliphatic rings. The van der Waals surface area contributed by atoms with Crippen LogP contribution in [0.1, 0.15) is 26.2 Å². The minimum absolute atomic E-state index is 0.417. The molecule has 0 heterocycles. The van der Waals surface area contributed by atoms with Crippen LogP contribution in [0.3, 0.4) is 0 Å². The Morgan fingerprint density at radius 3 is 2.12 bits per heavy atom. The summed E-state index contributed by atoms with van der Waals surface area (Å²) in [6, 6.07) is -1.88. The molecule has 2 unspecified atom stereocenters. The molecular weight excluding hydrogens is 334 g/mol. The molecule has 0 rings (SSSR count). The average molecular weight is 359 g/mol. The number of carbonyl (C=O) groups is 5. The highest BCUT2D eigenvalue weighted by Crippen LogP contribution is 1.99. The van der Waals surface area contributed by atoms with E-state index < -0.39 is 54.6 Å². The zero-order valence-corrected chi connectivity index (χ0v) is 14.8. The molecule has 10 nitrogen and oxygen atoms in total. The van der Waals surface area contributed by atoms with Crippen LogP contribution in [0.25, 0.3) is 0 Å². The van der Waals surface area contributed by atoms with Crippen LogP contribution < -0.4 is 16.0 Å². The predicted octanol–water partition coefficient (Wildman–Crippen LogP) is -1.72. The van der Waals surface area contributed by atoms with Crippen LogP contribution in [0.4, 0.5) is 0 Å². The Balaban J connectivity index is 4.60. The number of carbonyl (C=O) groups excluding carboxylic acids is 5. The lowest BCUT2D eigenvalue weighted by molar-refractivity contribution is -0.150. The highest BCUT2D eigenvalue weighted by Gasteiger charge is 2.26. The fourth-order valence-electron chi connectivity index (χ4n) is 1.93. The molecule has 0 aliphatic carbocycles. The topological polar surface area (TPSA) is 140 Å². The summed E-state index contributed by atoms with van der Waals surface area (Å²) < 4.78 is 8.91. The van der Waals surface area contributed by atoms with Crippen molar-refractivity contribution in [3.63, 3.8) is 0 Å². The van der Waals surface area contributed by atoms with E-state index in [2.05, 4.69) is 25.4 Å². The number of ether oxygens (including phenoxy) is 2. The van der Waals surface area contributed by atoms with E-state index in [1.807, 2.05) is 6.92 Å². The molecule has 0 fully saturated rings. The van der Waals surface area contributed by atoms with Gasteiger partial charge in [0.1, 0.15) is 6.04 Å². The molecule has 0 aromatic carbocycles. The lowest BCUT2D eigenvalue weighted by Crippen LogP contribution is -2.49. The van der Waals surface area contributed by atoms with Crippen LogP contribution in [0.5, 0.6) is 0 Å². The predicted molar refractivity (Wildman–Crippen MR) is 86.4 cm³/mol. The van der Waals surface area contributed by atoms with Crippen LogP contribution in [0.2, 0.25) is 0 Å². The first kappa shape index (κ1) is 22.5. The Labute approximate surface area is 146 Å². The van der Waals surface area contributed by atoms with Gasteiger partial charge in [0.05, 0.1) is 33.2 Å². The van der Waals surface area contributed by atoms with Gasteiger partial charge in [-0.1, -0.05) is 13.3 Å². The summed E-state index contributed by atoms with van der Waals surface area (Å²) in [6.45, 7) is 1.35. The molecule has 0 saturated heterocycles. The highest BCUT2D eigenvalue weighted by molar-refractivity contribution is 6.38. The van der Waals surface area contributed by atoms with Crippen LogP contribution in [0.15, 0.2) is 0 Å². The van der Waals surface area contributed by atoms with Crippen molar-refractivity contribution in [3.05, 3.63) is 0 Å². The third kappa shape index (κ3) is 8.25. The van der Waals surface area contributed by atoms with E-state index in [-0.39, 0.29) is 0 Å². The van der Waals surface area contributed by atoms with Gasteiger partial charge in [0.2, 0.25) is 11.7 Å². The van der Waals surface area contributed by atoms with E-state index in [1.165, 1.54) is 0 Å². The molecule has 10 heteroatoms. The molecular formula is C15H25N3O7. The first-order valence-corrected chi connectivity index (χ1v) is 7.73. The summed E-state index contributed by atoms with van der Waals surface area (Å²) in [5.41, 5.74) is 0. The van der Waals surface area contributed by atoms with E-state index in [1.54, 1.807) is 7.05 Å². The van der Waals surface area contributed by atoms with Gasteiger partial charge in [-0.25, -0.2) is 4.79 Å². The molecule has 0 aromatic heterocycles. The smallest absolute Gasteiger partial charge is 0.328 e. The fraction of sp³-hybridized carbons (Fsp3) is 0.667. The number of esters is 2. The third-order valence-corrected chi connectivity index (χ3v) is 3.29. The Kier molecular flexibility index (Phi) is 10.8. The number of ketones is 1. The summed E-state index contributed by atoms with van der Waals surface area (Å²) in [5, 5.41) is 7.15. The van der Waals surface area contributed by atoms with Crippen LogP contribution in [0, 0.1) is 0 Å². The molecule has 2 amide bonds. The van der Waals surface area contributed by atoms with Crippen LogP contribution >= 0.6 is 0 Å². The molecule has 0 aromatic rings. The lowest BCUT2D eigenvalue weighted by atomic mass is 10.1. The number of amides is 2.